The third kappa shape index (κ3) is 2.17. The Hall–Kier alpha value is -2.26. The number of nitrogens with zero attached hydrogens (tertiary/aromatic N) is 1. The van der Waals surface area contributed by atoms with Gasteiger partial charge in [0.1, 0.15) is 11.4 Å². The van der Waals surface area contributed by atoms with Crippen molar-refractivity contribution in [3.63, 3.8) is 0 Å². The molecule has 0 fully saturated rings. The molecule has 0 spiro atoms. The minimum Gasteiger partial charge on any atom is -0.379 e. The number of aromatic nitrogens is 1. The van der Waals surface area contributed by atoms with Crippen molar-refractivity contribution in [1.29, 1.82) is 0 Å². The average Bonchev–Trinajstić information content (AvgIpc) is 2.47. The number of benzene rings is 2. The summed E-state index contributed by atoms with van der Waals surface area (Å²) in [6, 6.07) is 17.4. The number of fused-ring (bicyclic) bond motifs is 1. The summed E-state index contributed by atoms with van der Waals surface area (Å²) in [6.07, 6.45) is 0. The molecule has 0 bridgehead atoms. The first-order chi connectivity index (χ1) is 9.57. The predicted octanol–water partition coefficient (Wildman–Crippen LogP) is 3.63. The van der Waals surface area contributed by atoms with Gasteiger partial charge >= 0.3 is 0 Å². The van der Waals surface area contributed by atoms with Gasteiger partial charge in [-0.25, -0.2) is 9.37 Å². The standard InChI is InChI=1S/C17H14FNO/c1-17(20,13-5-3-2-4-6-13)16-10-8-12-7-9-14(18)11-15(12)19-16/h2-11,20H,1H3. The molecule has 1 N–H and O–H groups in total. The minimum absolute atomic E-state index is 0.332. The van der Waals surface area contributed by atoms with Gasteiger partial charge in [-0.3, -0.25) is 0 Å². The zero-order valence-electron chi connectivity index (χ0n) is 11.0. The first-order valence-corrected chi connectivity index (χ1v) is 6.42. The van der Waals surface area contributed by atoms with Crippen molar-refractivity contribution in [3.05, 3.63) is 77.7 Å². The molecule has 1 unspecified atom stereocenters. The van der Waals surface area contributed by atoms with E-state index in [1.807, 2.05) is 36.4 Å². The van der Waals surface area contributed by atoms with E-state index < -0.39 is 5.60 Å². The van der Waals surface area contributed by atoms with Gasteiger partial charge in [-0.05, 0) is 30.7 Å². The molecule has 0 saturated carbocycles. The summed E-state index contributed by atoms with van der Waals surface area (Å²) in [6.45, 7) is 1.69. The highest BCUT2D eigenvalue weighted by Crippen LogP contribution is 2.28. The van der Waals surface area contributed by atoms with E-state index in [-0.39, 0.29) is 5.82 Å². The van der Waals surface area contributed by atoms with Crippen LogP contribution in [-0.2, 0) is 5.60 Å². The van der Waals surface area contributed by atoms with E-state index >= 15 is 0 Å². The molecule has 0 aliphatic heterocycles. The van der Waals surface area contributed by atoms with Crippen LogP contribution in [0.2, 0.25) is 0 Å². The molecule has 1 atom stereocenters. The quantitative estimate of drug-likeness (QED) is 0.769. The van der Waals surface area contributed by atoms with E-state index in [0.717, 1.165) is 10.9 Å². The highest BCUT2D eigenvalue weighted by atomic mass is 19.1. The summed E-state index contributed by atoms with van der Waals surface area (Å²) in [5, 5.41) is 11.6. The summed E-state index contributed by atoms with van der Waals surface area (Å²) in [4.78, 5) is 4.39. The zero-order valence-corrected chi connectivity index (χ0v) is 11.0. The van der Waals surface area contributed by atoms with Gasteiger partial charge in [0.15, 0.2) is 0 Å². The molecule has 100 valence electrons. The van der Waals surface area contributed by atoms with Crippen LogP contribution >= 0.6 is 0 Å². The Morgan fingerprint density at radius 2 is 1.70 bits per heavy atom. The van der Waals surface area contributed by atoms with Crippen LogP contribution in [0.25, 0.3) is 10.9 Å². The van der Waals surface area contributed by atoms with Crippen LogP contribution in [0.1, 0.15) is 18.2 Å². The molecule has 0 aliphatic carbocycles. The lowest BCUT2D eigenvalue weighted by atomic mass is 9.92. The topological polar surface area (TPSA) is 33.1 Å². The van der Waals surface area contributed by atoms with Crippen molar-refractivity contribution in [2.75, 3.05) is 0 Å². The van der Waals surface area contributed by atoms with Gasteiger partial charge < -0.3 is 5.11 Å². The number of rotatable bonds is 2. The fourth-order valence-electron chi connectivity index (χ4n) is 2.27. The Bertz CT molecular complexity index is 753. The third-order valence-corrected chi connectivity index (χ3v) is 3.49. The molecule has 3 aromatic rings. The Labute approximate surface area is 116 Å². The summed E-state index contributed by atoms with van der Waals surface area (Å²) < 4.78 is 13.3. The summed E-state index contributed by atoms with van der Waals surface area (Å²) >= 11 is 0. The fourth-order valence-corrected chi connectivity index (χ4v) is 2.27. The van der Waals surface area contributed by atoms with Crippen LogP contribution in [0.3, 0.4) is 0 Å². The van der Waals surface area contributed by atoms with Crippen LogP contribution in [-0.4, -0.2) is 10.1 Å². The molecule has 1 aromatic heterocycles. The van der Waals surface area contributed by atoms with Crippen molar-refractivity contribution >= 4 is 10.9 Å². The summed E-state index contributed by atoms with van der Waals surface area (Å²) in [7, 11) is 0. The van der Waals surface area contributed by atoms with Crippen molar-refractivity contribution in [3.8, 4) is 0 Å². The molecule has 2 nitrogen and oxygen atoms in total. The molecule has 3 rings (SSSR count). The average molecular weight is 267 g/mol. The maximum atomic E-state index is 13.3. The van der Waals surface area contributed by atoms with Gasteiger partial charge in [-0.2, -0.15) is 0 Å². The highest BCUT2D eigenvalue weighted by Gasteiger charge is 2.27. The van der Waals surface area contributed by atoms with Crippen molar-refractivity contribution in [1.82, 2.24) is 4.98 Å². The summed E-state index contributed by atoms with van der Waals surface area (Å²) in [5.74, 6) is -0.332. The SMILES string of the molecule is CC(O)(c1ccccc1)c1ccc2ccc(F)cc2n1. The number of aliphatic hydroxyl groups is 1. The second kappa shape index (κ2) is 4.69. The first kappa shape index (κ1) is 12.8. The summed E-state index contributed by atoms with van der Waals surface area (Å²) in [5.41, 5.74) is 0.589. The van der Waals surface area contributed by atoms with E-state index in [2.05, 4.69) is 4.98 Å². The largest absolute Gasteiger partial charge is 0.379 e. The van der Waals surface area contributed by atoms with E-state index in [4.69, 9.17) is 0 Å². The van der Waals surface area contributed by atoms with Gasteiger partial charge in [0.25, 0.3) is 0 Å². The molecular weight excluding hydrogens is 253 g/mol. The van der Waals surface area contributed by atoms with Crippen LogP contribution in [0.5, 0.6) is 0 Å². The molecule has 0 amide bonds. The normalized spacial score (nSPS) is 14.2. The molecule has 3 heteroatoms. The Balaban J connectivity index is 2.14. The van der Waals surface area contributed by atoms with Crippen molar-refractivity contribution in [2.45, 2.75) is 12.5 Å². The predicted molar refractivity (Wildman–Crippen MR) is 76.8 cm³/mol. The van der Waals surface area contributed by atoms with Gasteiger partial charge in [0.05, 0.1) is 11.2 Å². The molecule has 0 aliphatic rings. The Morgan fingerprint density at radius 1 is 1.00 bits per heavy atom. The fraction of sp³-hybridized carbons (Fsp3) is 0.118. The van der Waals surface area contributed by atoms with Gasteiger partial charge in [0, 0.05) is 11.5 Å². The highest BCUT2D eigenvalue weighted by molar-refractivity contribution is 5.78. The maximum absolute atomic E-state index is 13.3. The molecule has 0 saturated heterocycles. The Kier molecular flexibility index (Phi) is 2.99. The van der Waals surface area contributed by atoms with E-state index in [1.54, 1.807) is 19.1 Å². The number of pyridine rings is 1. The van der Waals surface area contributed by atoms with Crippen LogP contribution in [0.4, 0.5) is 4.39 Å². The van der Waals surface area contributed by atoms with Crippen LogP contribution in [0, 0.1) is 5.82 Å². The smallest absolute Gasteiger partial charge is 0.129 e. The van der Waals surface area contributed by atoms with Crippen LogP contribution < -0.4 is 0 Å². The second-order valence-electron chi connectivity index (χ2n) is 4.97. The molecule has 20 heavy (non-hydrogen) atoms. The molecule has 2 aromatic carbocycles. The molecule has 0 radical (unpaired) electrons. The lowest BCUT2D eigenvalue weighted by Crippen LogP contribution is -2.24. The zero-order chi connectivity index (χ0) is 14.2. The molecular formula is C17H14FNO. The minimum atomic E-state index is -1.21. The van der Waals surface area contributed by atoms with Crippen LogP contribution in [0.15, 0.2) is 60.7 Å². The molecule has 1 heterocycles. The Morgan fingerprint density at radius 3 is 2.45 bits per heavy atom. The van der Waals surface area contributed by atoms with E-state index in [0.29, 0.717) is 11.2 Å². The van der Waals surface area contributed by atoms with Gasteiger partial charge in [-0.15, -0.1) is 0 Å². The third-order valence-electron chi connectivity index (χ3n) is 3.49. The number of hydrogen-bond donors (Lipinski definition) is 1. The lowest BCUT2D eigenvalue weighted by Gasteiger charge is -2.23. The van der Waals surface area contributed by atoms with Gasteiger partial charge in [-0.1, -0.05) is 36.4 Å². The first-order valence-electron chi connectivity index (χ1n) is 6.42. The van der Waals surface area contributed by atoms with E-state index in [9.17, 15) is 9.50 Å². The monoisotopic (exact) mass is 267 g/mol. The van der Waals surface area contributed by atoms with Crippen molar-refractivity contribution < 1.29 is 9.50 Å². The second-order valence-corrected chi connectivity index (χ2v) is 4.97. The van der Waals surface area contributed by atoms with Crippen molar-refractivity contribution in [2.24, 2.45) is 0 Å². The number of halogens is 1. The van der Waals surface area contributed by atoms with E-state index in [1.165, 1.54) is 12.1 Å². The lowest BCUT2D eigenvalue weighted by molar-refractivity contribution is 0.0978. The number of hydrogen-bond acceptors (Lipinski definition) is 2. The van der Waals surface area contributed by atoms with Gasteiger partial charge in [0.2, 0.25) is 0 Å². The maximum Gasteiger partial charge on any atom is 0.129 e.